The molecule has 3 rings (SSSR count). The highest BCUT2D eigenvalue weighted by Gasteiger charge is 2.08. The van der Waals surface area contributed by atoms with Gasteiger partial charge in [0.25, 0.3) is 0 Å². The molecule has 1 heterocycles. The minimum absolute atomic E-state index is 0.518. The highest BCUT2D eigenvalue weighted by molar-refractivity contribution is 8.01. The van der Waals surface area contributed by atoms with E-state index in [1.807, 2.05) is 30.3 Å². The first-order valence-electron chi connectivity index (χ1n) is 5.64. The van der Waals surface area contributed by atoms with Gasteiger partial charge in [-0.3, -0.25) is 0 Å². The van der Waals surface area contributed by atoms with Crippen LogP contribution in [-0.2, 0) is 0 Å². The molecule has 0 fully saturated rings. The van der Waals surface area contributed by atoms with Crippen molar-refractivity contribution in [2.75, 3.05) is 0 Å². The number of hydrogen-bond acceptors (Lipinski definition) is 4. The lowest BCUT2D eigenvalue weighted by Crippen LogP contribution is -1.74. The van der Waals surface area contributed by atoms with E-state index in [-0.39, 0.29) is 0 Å². The zero-order chi connectivity index (χ0) is 13.9. The smallest absolute Gasteiger partial charge is 0.155 e. The number of thiazole rings is 1. The van der Waals surface area contributed by atoms with Gasteiger partial charge in [-0.25, -0.2) is 4.98 Å². The summed E-state index contributed by atoms with van der Waals surface area (Å²) in [5, 5.41) is 4.21. The monoisotopic (exact) mass is 318 g/mol. The minimum Gasteiger partial charge on any atom is -0.229 e. The predicted molar refractivity (Wildman–Crippen MR) is 84.0 cm³/mol. The van der Waals surface area contributed by atoms with Crippen LogP contribution in [0.3, 0.4) is 0 Å². The van der Waals surface area contributed by atoms with Crippen molar-refractivity contribution in [3.8, 4) is 0 Å². The van der Waals surface area contributed by atoms with Crippen molar-refractivity contribution in [3.05, 3.63) is 57.9 Å². The summed E-state index contributed by atoms with van der Waals surface area (Å²) in [6.07, 6.45) is 0. The van der Waals surface area contributed by atoms with Gasteiger partial charge in [-0.1, -0.05) is 40.6 Å². The van der Waals surface area contributed by atoms with Crippen molar-refractivity contribution in [1.82, 2.24) is 4.98 Å². The van der Waals surface area contributed by atoms with Crippen LogP contribution in [0.15, 0.2) is 56.8 Å². The molecule has 0 aliphatic rings. The van der Waals surface area contributed by atoms with Crippen molar-refractivity contribution in [2.45, 2.75) is 9.24 Å². The number of aromatic nitrogens is 1. The van der Waals surface area contributed by atoms with E-state index in [1.165, 1.54) is 11.8 Å². The molecule has 98 valence electrons. The summed E-state index contributed by atoms with van der Waals surface area (Å²) in [5.74, 6) is 0. The fourth-order valence-corrected chi connectivity index (χ4v) is 3.93. The third kappa shape index (κ3) is 2.73. The van der Waals surface area contributed by atoms with Crippen molar-refractivity contribution >= 4 is 50.6 Å². The lowest BCUT2D eigenvalue weighted by Gasteiger charge is -2.02. The SMILES string of the molecule is [N-]=[N+]=Nc1cc(Cl)ccc1Sc1nc2ccccc2s1. The number of fused-ring (bicyclic) bond motifs is 1. The van der Waals surface area contributed by atoms with Crippen molar-refractivity contribution in [3.63, 3.8) is 0 Å². The molecule has 2 aromatic carbocycles. The average molecular weight is 319 g/mol. The van der Waals surface area contributed by atoms with Gasteiger partial charge in [0.05, 0.1) is 15.9 Å². The van der Waals surface area contributed by atoms with Gasteiger partial charge in [-0.05, 0) is 35.9 Å². The second-order valence-corrected chi connectivity index (χ2v) is 6.61. The van der Waals surface area contributed by atoms with Crippen LogP contribution in [-0.4, -0.2) is 4.98 Å². The highest BCUT2D eigenvalue weighted by Crippen LogP contribution is 2.39. The average Bonchev–Trinajstić information content (AvgIpc) is 2.84. The molecule has 1 aromatic heterocycles. The van der Waals surface area contributed by atoms with E-state index in [1.54, 1.807) is 23.5 Å². The van der Waals surface area contributed by atoms with Crippen molar-refractivity contribution < 1.29 is 0 Å². The molecule has 0 N–H and O–H groups in total. The van der Waals surface area contributed by atoms with Crippen LogP contribution in [0.1, 0.15) is 0 Å². The maximum Gasteiger partial charge on any atom is 0.155 e. The molecule has 0 aliphatic heterocycles. The Morgan fingerprint density at radius 1 is 1.25 bits per heavy atom. The van der Waals surface area contributed by atoms with Crippen LogP contribution in [0.5, 0.6) is 0 Å². The van der Waals surface area contributed by atoms with Crippen molar-refractivity contribution in [1.29, 1.82) is 0 Å². The van der Waals surface area contributed by atoms with E-state index in [0.29, 0.717) is 10.7 Å². The zero-order valence-electron chi connectivity index (χ0n) is 10.0. The Morgan fingerprint density at radius 3 is 2.90 bits per heavy atom. The molecule has 7 heteroatoms. The first kappa shape index (κ1) is 13.3. The number of benzene rings is 2. The Labute approximate surface area is 128 Å². The van der Waals surface area contributed by atoms with Gasteiger partial charge in [-0.2, -0.15) is 0 Å². The third-order valence-corrected chi connectivity index (χ3v) is 4.94. The number of halogens is 1. The summed E-state index contributed by atoms with van der Waals surface area (Å²) in [7, 11) is 0. The Bertz CT molecular complexity index is 791. The maximum absolute atomic E-state index is 8.61. The Balaban J connectivity index is 2.00. The van der Waals surface area contributed by atoms with E-state index < -0.39 is 0 Å². The molecule has 0 aliphatic carbocycles. The molecule has 0 saturated carbocycles. The maximum atomic E-state index is 8.61. The standard InChI is InChI=1S/C13H7ClN4S2/c14-8-5-6-12(10(7-8)17-18-15)20-13-16-9-3-1-2-4-11(9)19-13/h1-7H. The molecule has 0 bridgehead atoms. The number of azide groups is 1. The van der Waals surface area contributed by atoms with E-state index in [2.05, 4.69) is 15.0 Å². The van der Waals surface area contributed by atoms with E-state index in [9.17, 15) is 0 Å². The molecular formula is C13H7ClN4S2. The first-order chi connectivity index (χ1) is 9.76. The molecule has 3 aromatic rings. The summed E-state index contributed by atoms with van der Waals surface area (Å²) >= 11 is 8.99. The lowest BCUT2D eigenvalue weighted by molar-refractivity contribution is 1.28. The number of rotatable bonds is 3. The first-order valence-corrected chi connectivity index (χ1v) is 7.65. The van der Waals surface area contributed by atoms with Crippen LogP contribution in [0.2, 0.25) is 5.02 Å². The normalized spacial score (nSPS) is 10.4. The highest BCUT2D eigenvalue weighted by atomic mass is 35.5. The molecule has 0 atom stereocenters. The molecular weight excluding hydrogens is 312 g/mol. The minimum atomic E-state index is 0.518. The second-order valence-electron chi connectivity index (χ2n) is 3.85. The van der Waals surface area contributed by atoms with Gasteiger partial charge in [0.1, 0.15) is 0 Å². The van der Waals surface area contributed by atoms with Crippen LogP contribution < -0.4 is 0 Å². The molecule has 0 amide bonds. The van der Waals surface area contributed by atoms with E-state index in [0.717, 1.165) is 19.5 Å². The fraction of sp³-hybridized carbons (Fsp3) is 0. The summed E-state index contributed by atoms with van der Waals surface area (Å²) in [4.78, 5) is 8.21. The Morgan fingerprint density at radius 2 is 2.10 bits per heavy atom. The largest absolute Gasteiger partial charge is 0.229 e. The van der Waals surface area contributed by atoms with Gasteiger partial charge in [0.15, 0.2) is 4.34 Å². The molecule has 0 saturated heterocycles. The van der Waals surface area contributed by atoms with E-state index in [4.69, 9.17) is 17.1 Å². The van der Waals surface area contributed by atoms with Crippen LogP contribution in [0, 0.1) is 0 Å². The predicted octanol–water partition coefficient (Wildman–Crippen LogP) is 6.04. The zero-order valence-corrected chi connectivity index (χ0v) is 12.4. The van der Waals surface area contributed by atoms with Gasteiger partial charge < -0.3 is 0 Å². The van der Waals surface area contributed by atoms with Gasteiger partial charge in [-0.15, -0.1) is 11.3 Å². The molecule has 0 unspecified atom stereocenters. The van der Waals surface area contributed by atoms with Gasteiger partial charge >= 0.3 is 0 Å². The van der Waals surface area contributed by atoms with Gasteiger partial charge in [0, 0.05) is 14.8 Å². The summed E-state index contributed by atoms with van der Waals surface area (Å²) in [6.45, 7) is 0. The fourth-order valence-electron chi connectivity index (χ4n) is 1.69. The third-order valence-electron chi connectivity index (χ3n) is 2.54. The molecule has 20 heavy (non-hydrogen) atoms. The molecule has 0 spiro atoms. The topological polar surface area (TPSA) is 61.7 Å². The van der Waals surface area contributed by atoms with Crippen molar-refractivity contribution in [2.24, 2.45) is 5.11 Å². The Kier molecular flexibility index (Phi) is 3.80. The van der Waals surface area contributed by atoms with Crippen LogP contribution in [0.4, 0.5) is 5.69 Å². The summed E-state index contributed by atoms with van der Waals surface area (Å²) in [5.41, 5.74) is 10.1. The summed E-state index contributed by atoms with van der Waals surface area (Å²) in [6, 6.07) is 13.2. The van der Waals surface area contributed by atoms with Gasteiger partial charge in [0.2, 0.25) is 0 Å². The summed E-state index contributed by atoms with van der Waals surface area (Å²) < 4.78 is 2.04. The Hall–Kier alpha value is -1.72. The van der Waals surface area contributed by atoms with E-state index >= 15 is 0 Å². The number of para-hydroxylation sites is 1. The number of hydrogen-bond donors (Lipinski definition) is 0. The molecule has 0 radical (unpaired) electrons. The van der Waals surface area contributed by atoms with Crippen LogP contribution >= 0.6 is 34.7 Å². The number of nitrogens with zero attached hydrogens (tertiary/aromatic N) is 4. The lowest BCUT2D eigenvalue weighted by atomic mass is 10.3. The second kappa shape index (κ2) is 5.73. The van der Waals surface area contributed by atoms with Crippen LogP contribution in [0.25, 0.3) is 20.7 Å². The molecule has 4 nitrogen and oxygen atoms in total. The quantitative estimate of drug-likeness (QED) is 0.335.